The smallest absolute Gasteiger partial charge is 0.227 e. The van der Waals surface area contributed by atoms with Gasteiger partial charge in [0.2, 0.25) is 5.91 Å². The molecule has 0 spiro atoms. The van der Waals surface area contributed by atoms with Gasteiger partial charge in [-0.05, 0) is 30.2 Å². The second kappa shape index (κ2) is 7.83. The Morgan fingerprint density at radius 1 is 0.960 bits per heavy atom. The quantitative estimate of drug-likeness (QED) is 0.555. The summed E-state index contributed by atoms with van der Waals surface area (Å²) in [6.45, 7) is 5.75. The maximum Gasteiger partial charge on any atom is 0.227 e. The van der Waals surface area contributed by atoms with Crippen molar-refractivity contribution in [2.45, 2.75) is 33.2 Å². The van der Waals surface area contributed by atoms with Crippen LogP contribution < -0.4 is 5.32 Å². The summed E-state index contributed by atoms with van der Waals surface area (Å²) < 4.78 is 0. The maximum absolute atomic E-state index is 12.3. The summed E-state index contributed by atoms with van der Waals surface area (Å²) in [6, 6.07) is 11.5. The highest BCUT2D eigenvalue weighted by molar-refractivity contribution is 5.97. The van der Waals surface area contributed by atoms with Gasteiger partial charge in [-0.3, -0.25) is 9.59 Å². The maximum atomic E-state index is 12.3. The molecule has 1 amide bonds. The van der Waals surface area contributed by atoms with Crippen LogP contribution in [0.25, 0.3) is 0 Å². The van der Waals surface area contributed by atoms with Crippen LogP contribution in [-0.2, 0) is 11.3 Å². The molecule has 0 radical (unpaired) electrons. The van der Waals surface area contributed by atoms with Crippen LogP contribution in [0, 0.1) is 5.92 Å². The van der Waals surface area contributed by atoms with Crippen LogP contribution in [-0.4, -0.2) is 21.9 Å². The second-order valence-electron chi connectivity index (χ2n) is 6.40. The summed E-state index contributed by atoms with van der Waals surface area (Å²) in [5.41, 5.74) is 2.16. The molecule has 0 aliphatic rings. The molecule has 0 saturated heterocycles. The van der Waals surface area contributed by atoms with E-state index >= 15 is 0 Å². The molecule has 0 unspecified atom stereocenters. The molecule has 2 rings (SSSR count). The van der Waals surface area contributed by atoms with Crippen molar-refractivity contribution in [2.24, 2.45) is 5.92 Å². The third-order valence-electron chi connectivity index (χ3n) is 4.12. The standard InChI is InChI=1S/C20H23NO4/c1-12(2)19(24)16-7-5-15(6-8-16)13(3)20(25)21-11-14-4-9-17(22)18(23)10-14/h4-10,12-13,22-23H,11H2,1-3H3,(H,21,25)/t13-/m0/s1. The fourth-order valence-electron chi connectivity index (χ4n) is 2.44. The van der Waals surface area contributed by atoms with E-state index in [4.69, 9.17) is 0 Å². The van der Waals surface area contributed by atoms with Gasteiger partial charge in [0.25, 0.3) is 0 Å². The fraction of sp³-hybridized carbons (Fsp3) is 0.300. The van der Waals surface area contributed by atoms with E-state index in [-0.39, 0.29) is 41.6 Å². The molecule has 25 heavy (non-hydrogen) atoms. The third-order valence-corrected chi connectivity index (χ3v) is 4.12. The predicted octanol–water partition coefficient (Wildman–Crippen LogP) is 3.36. The Kier molecular flexibility index (Phi) is 5.80. The molecular formula is C20H23NO4. The van der Waals surface area contributed by atoms with Gasteiger partial charge in [-0.25, -0.2) is 0 Å². The molecular weight excluding hydrogens is 318 g/mol. The average molecular weight is 341 g/mol. The Hall–Kier alpha value is -2.82. The Morgan fingerprint density at radius 2 is 1.60 bits per heavy atom. The van der Waals surface area contributed by atoms with E-state index in [2.05, 4.69) is 5.32 Å². The number of aromatic hydroxyl groups is 2. The summed E-state index contributed by atoms with van der Waals surface area (Å²) in [7, 11) is 0. The number of carbonyl (C=O) groups excluding carboxylic acids is 2. The average Bonchev–Trinajstić information content (AvgIpc) is 2.61. The lowest BCUT2D eigenvalue weighted by Crippen LogP contribution is -2.27. The molecule has 2 aromatic carbocycles. The lowest BCUT2D eigenvalue weighted by atomic mass is 9.95. The molecule has 0 bridgehead atoms. The van der Waals surface area contributed by atoms with Gasteiger partial charge in [0.15, 0.2) is 17.3 Å². The number of ketones is 1. The number of phenolic OH excluding ortho intramolecular Hbond substituents is 2. The van der Waals surface area contributed by atoms with E-state index in [0.717, 1.165) is 5.56 Å². The molecule has 0 aliphatic carbocycles. The number of hydrogen-bond acceptors (Lipinski definition) is 4. The molecule has 2 aromatic rings. The van der Waals surface area contributed by atoms with Gasteiger partial charge in [0.1, 0.15) is 0 Å². The number of hydrogen-bond donors (Lipinski definition) is 3. The van der Waals surface area contributed by atoms with Crippen LogP contribution in [0.3, 0.4) is 0 Å². The minimum absolute atomic E-state index is 0.0618. The minimum Gasteiger partial charge on any atom is -0.504 e. The number of Topliss-reactive ketones (excluding diaryl/α,β-unsaturated/α-hetero) is 1. The van der Waals surface area contributed by atoms with E-state index in [9.17, 15) is 19.8 Å². The molecule has 0 aromatic heterocycles. The van der Waals surface area contributed by atoms with Crippen molar-refractivity contribution in [2.75, 3.05) is 0 Å². The van der Waals surface area contributed by atoms with Gasteiger partial charge in [0.05, 0.1) is 5.92 Å². The van der Waals surface area contributed by atoms with Gasteiger partial charge in [-0.15, -0.1) is 0 Å². The van der Waals surface area contributed by atoms with Crippen LogP contribution in [0.15, 0.2) is 42.5 Å². The van der Waals surface area contributed by atoms with Gasteiger partial charge in [0, 0.05) is 18.0 Å². The first kappa shape index (κ1) is 18.5. The SMILES string of the molecule is CC(C)C(=O)c1ccc([C@H](C)C(=O)NCc2ccc(O)c(O)c2)cc1. The summed E-state index contributed by atoms with van der Waals surface area (Å²) in [6.07, 6.45) is 0. The second-order valence-corrected chi connectivity index (χ2v) is 6.40. The van der Waals surface area contributed by atoms with Crippen LogP contribution in [0.5, 0.6) is 11.5 Å². The molecule has 1 atom stereocenters. The van der Waals surface area contributed by atoms with Gasteiger partial charge in [-0.1, -0.05) is 44.2 Å². The number of amides is 1. The monoisotopic (exact) mass is 341 g/mol. The Balaban J connectivity index is 1.99. The van der Waals surface area contributed by atoms with E-state index in [1.165, 1.54) is 12.1 Å². The van der Waals surface area contributed by atoms with Gasteiger partial charge < -0.3 is 15.5 Å². The fourth-order valence-corrected chi connectivity index (χ4v) is 2.44. The highest BCUT2D eigenvalue weighted by Gasteiger charge is 2.16. The number of phenols is 2. The first-order valence-electron chi connectivity index (χ1n) is 8.22. The van der Waals surface area contributed by atoms with E-state index in [0.29, 0.717) is 11.1 Å². The minimum atomic E-state index is -0.367. The van der Waals surface area contributed by atoms with E-state index in [1.807, 2.05) is 13.8 Å². The highest BCUT2D eigenvalue weighted by Crippen LogP contribution is 2.25. The predicted molar refractivity (Wildman–Crippen MR) is 95.6 cm³/mol. The lowest BCUT2D eigenvalue weighted by Gasteiger charge is -2.14. The van der Waals surface area contributed by atoms with Crippen molar-refractivity contribution >= 4 is 11.7 Å². The van der Waals surface area contributed by atoms with E-state index in [1.54, 1.807) is 37.3 Å². The van der Waals surface area contributed by atoms with Crippen molar-refractivity contribution < 1.29 is 19.8 Å². The zero-order chi connectivity index (χ0) is 18.6. The first-order chi connectivity index (χ1) is 11.8. The molecule has 0 heterocycles. The molecule has 0 aliphatic heterocycles. The zero-order valence-electron chi connectivity index (χ0n) is 14.6. The molecule has 0 fully saturated rings. The topological polar surface area (TPSA) is 86.6 Å². The summed E-state index contributed by atoms with van der Waals surface area (Å²) in [5.74, 6) is -0.918. The number of rotatable bonds is 6. The normalized spacial score (nSPS) is 12.0. The number of benzene rings is 2. The highest BCUT2D eigenvalue weighted by atomic mass is 16.3. The van der Waals surface area contributed by atoms with Crippen molar-refractivity contribution in [3.63, 3.8) is 0 Å². The summed E-state index contributed by atoms with van der Waals surface area (Å²) in [4.78, 5) is 24.3. The zero-order valence-corrected chi connectivity index (χ0v) is 14.6. The van der Waals surface area contributed by atoms with Crippen molar-refractivity contribution in [3.05, 3.63) is 59.2 Å². The number of nitrogens with one attached hydrogen (secondary N) is 1. The van der Waals surface area contributed by atoms with Crippen LogP contribution in [0.1, 0.15) is 48.2 Å². The molecule has 5 heteroatoms. The Labute approximate surface area is 147 Å². The lowest BCUT2D eigenvalue weighted by molar-refractivity contribution is -0.122. The van der Waals surface area contributed by atoms with Crippen LogP contribution >= 0.6 is 0 Å². The van der Waals surface area contributed by atoms with Crippen molar-refractivity contribution in [1.82, 2.24) is 5.32 Å². The molecule has 3 N–H and O–H groups in total. The summed E-state index contributed by atoms with van der Waals surface area (Å²) in [5, 5.41) is 21.6. The largest absolute Gasteiger partial charge is 0.504 e. The molecule has 132 valence electrons. The number of carbonyl (C=O) groups is 2. The summed E-state index contributed by atoms with van der Waals surface area (Å²) >= 11 is 0. The molecule has 0 saturated carbocycles. The van der Waals surface area contributed by atoms with Gasteiger partial charge >= 0.3 is 0 Å². The van der Waals surface area contributed by atoms with Crippen LogP contribution in [0.2, 0.25) is 0 Å². The van der Waals surface area contributed by atoms with Crippen molar-refractivity contribution in [3.8, 4) is 11.5 Å². The Bertz CT molecular complexity index is 766. The Morgan fingerprint density at radius 3 is 2.16 bits per heavy atom. The first-order valence-corrected chi connectivity index (χ1v) is 8.22. The van der Waals surface area contributed by atoms with E-state index < -0.39 is 0 Å². The third kappa shape index (κ3) is 4.59. The van der Waals surface area contributed by atoms with Crippen molar-refractivity contribution in [1.29, 1.82) is 0 Å². The van der Waals surface area contributed by atoms with Crippen LogP contribution in [0.4, 0.5) is 0 Å². The van der Waals surface area contributed by atoms with Gasteiger partial charge in [-0.2, -0.15) is 0 Å². The molecule has 5 nitrogen and oxygen atoms in total.